The number of nitrogens with zero attached hydrogens (tertiary/aromatic N) is 5. The van der Waals surface area contributed by atoms with E-state index in [1.807, 2.05) is 0 Å². The molecule has 20 heteroatoms. The first kappa shape index (κ1) is 35.1. The summed E-state index contributed by atoms with van der Waals surface area (Å²) >= 11 is 14.6. The number of imidazole rings is 2. The summed E-state index contributed by atoms with van der Waals surface area (Å²) < 4.78 is 130. The van der Waals surface area contributed by atoms with Crippen molar-refractivity contribution in [1.29, 1.82) is 0 Å². The molecule has 1 aliphatic heterocycles. The van der Waals surface area contributed by atoms with Crippen LogP contribution in [0.5, 0.6) is 0 Å². The van der Waals surface area contributed by atoms with Crippen LogP contribution in [-0.4, -0.2) is 51.1 Å². The van der Waals surface area contributed by atoms with Gasteiger partial charge in [-0.15, -0.1) is 14.9 Å². The van der Waals surface area contributed by atoms with Gasteiger partial charge >= 0.3 is 23.9 Å². The van der Waals surface area contributed by atoms with Gasteiger partial charge in [0.2, 0.25) is 0 Å². The highest BCUT2D eigenvalue weighted by molar-refractivity contribution is 8.27. The van der Waals surface area contributed by atoms with E-state index in [9.17, 15) is 39.5 Å². The summed E-state index contributed by atoms with van der Waals surface area (Å²) in [6.45, 7) is 5.56. The molecule has 0 N–H and O–H groups in total. The van der Waals surface area contributed by atoms with Gasteiger partial charge in [-0.05, 0) is 57.9 Å². The summed E-state index contributed by atoms with van der Waals surface area (Å²) in [5.74, 6) is -13.5. The molecule has 0 radical (unpaired) electrons. The van der Waals surface area contributed by atoms with Crippen LogP contribution in [-0.2, 0) is 13.1 Å². The summed E-state index contributed by atoms with van der Waals surface area (Å²) in [6, 6.07) is -0.774. The van der Waals surface area contributed by atoms with E-state index < -0.39 is 43.1 Å². The van der Waals surface area contributed by atoms with Crippen LogP contribution in [0.2, 0.25) is 0 Å². The van der Waals surface area contributed by atoms with Crippen LogP contribution in [0.1, 0.15) is 53.6 Å². The average Bonchev–Trinajstić information content (AvgIpc) is 3.37. The Morgan fingerprint density at radius 3 is 1.68 bits per heavy atom. The first-order valence-corrected chi connectivity index (χ1v) is 16.0. The van der Waals surface area contributed by atoms with Gasteiger partial charge in [-0.1, -0.05) is 6.92 Å². The topological polar surface area (TPSA) is 23.0 Å². The molecule has 0 spiro atoms. The third-order valence-electron chi connectivity index (χ3n) is 5.74. The van der Waals surface area contributed by atoms with Crippen molar-refractivity contribution in [2.24, 2.45) is 0 Å². The van der Waals surface area contributed by atoms with Crippen molar-refractivity contribution in [3.8, 4) is 0 Å². The molecule has 3 rings (SSSR count). The minimum atomic E-state index is -5.80. The molecule has 0 aromatic carbocycles. The number of thioether (sulfide) groups is 1. The van der Waals surface area contributed by atoms with Crippen molar-refractivity contribution in [1.82, 2.24) is 21.4 Å². The second-order valence-electron chi connectivity index (χ2n) is 9.61. The molecule has 1 aliphatic rings. The lowest BCUT2D eigenvalue weighted by molar-refractivity contribution is -0.287. The van der Waals surface area contributed by atoms with Crippen molar-refractivity contribution in [2.75, 3.05) is 5.75 Å². The van der Waals surface area contributed by atoms with E-state index in [0.717, 1.165) is 56.7 Å². The van der Waals surface area contributed by atoms with Crippen molar-refractivity contribution >= 4 is 72.0 Å². The van der Waals surface area contributed by atoms with Crippen molar-refractivity contribution in [2.45, 2.75) is 111 Å². The van der Waals surface area contributed by atoms with Gasteiger partial charge in [0.1, 0.15) is 20.1 Å². The zero-order valence-corrected chi connectivity index (χ0v) is 27.3. The number of aromatic nitrogens is 4. The Labute approximate surface area is 258 Å². The molecule has 0 unspecified atom stereocenters. The summed E-state index contributed by atoms with van der Waals surface area (Å²) in [7, 11) is 0. The monoisotopic (exact) mass is 711 g/mol. The molecular weight excluding hydrogens is 686 g/mol. The smallest absolute Gasteiger partial charge is 0.307 e. The maximum absolute atomic E-state index is 14.4. The summed E-state index contributed by atoms with van der Waals surface area (Å²) in [6.07, 6.45) is -5.80. The lowest BCUT2D eigenvalue weighted by atomic mass is 10.2. The van der Waals surface area contributed by atoms with E-state index in [0.29, 0.717) is 10.8 Å². The van der Waals surface area contributed by atoms with Crippen molar-refractivity contribution < 1.29 is 39.5 Å². The fourth-order valence-corrected chi connectivity index (χ4v) is 9.83. The Balaban J connectivity index is 2.09. The molecule has 3 heterocycles. The summed E-state index contributed by atoms with van der Waals surface area (Å²) in [5, 5.41) is 0.929. The Morgan fingerprint density at radius 2 is 1.22 bits per heavy atom. The van der Waals surface area contributed by atoms with Crippen LogP contribution in [0, 0.1) is 9.54 Å². The van der Waals surface area contributed by atoms with Gasteiger partial charge in [0, 0.05) is 54.9 Å². The van der Waals surface area contributed by atoms with E-state index in [1.165, 1.54) is 7.68 Å². The van der Waals surface area contributed by atoms with Crippen molar-refractivity contribution in [3.05, 3.63) is 9.54 Å². The molecule has 0 saturated carbocycles. The molecule has 0 aliphatic carbocycles. The molecule has 2 aromatic rings. The Hall–Kier alpha value is -0.410. The first-order valence-electron chi connectivity index (χ1n) is 11.9. The normalized spacial score (nSPS) is 15.5. The SMILES string of the molecule is CCSc1c(SN2Sc3c(n(C(C)C)c(=S)n3CC(F)(F)C(C)(F)F)S2)n(C(C)C)c(=S)n1CC(F)(F)C(F)(F)F. The molecule has 5 nitrogen and oxygen atoms in total. The fraction of sp³-hybridized carbons (Fsp3) is 0.714. The van der Waals surface area contributed by atoms with E-state index in [1.54, 1.807) is 39.2 Å². The van der Waals surface area contributed by atoms with Gasteiger partial charge in [-0.2, -0.15) is 30.7 Å². The van der Waals surface area contributed by atoms with Crippen LogP contribution in [0.4, 0.5) is 39.5 Å². The van der Waals surface area contributed by atoms with E-state index >= 15 is 0 Å². The zero-order valence-electron chi connectivity index (χ0n) is 22.4. The molecule has 0 bridgehead atoms. The van der Waals surface area contributed by atoms with Crippen molar-refractivity contribution in [3.63, 3.8) is 0 Å². The second kappa shape index (κ2) is 12.2. The highest BCUT2D eigenvalue weighted by atomic mass is 32.3. The van der Waals surface area contributed by atoms with Gasteiger partial charge < -0.3 is 18.3 Å². The average molecular weight is 712 g/mol. The van der Waals surface area contributed by atoms with Gasteiger partial charge in [-0.25, -0.2) is 8.78 Å². The third-order valence-corrected chi connectivity index (χ3v) is 11.3. The van der Waals surface area contributed by atoms with Gasteiger partial charge in [0.15, 0.2) is 9.54 Å². The minimum Gasteiger partial charge on any atom is -0.307 e. The van der Waals surface area contributed by atoms with Gasteiger partial charge in [0.25, 0.3) is 0 Å². The predicted molar refractivity (Wildman–Crippen MR) is 150 cm³/mol. The summed E-state index contributed by atoms with van der Waals surface area (Å²) in [5.41, 5.74) is 0. The minimum absolute atomic E-state index is 0.0774. The van der Waals surface area contributed by atoms with Crippen LogP contribution in [0.15, 0.2) is 20.1 Å². The van der Waals surface area contributed by atoms with E-state index in [2.05, 4.69) is 0 Å². The van der Waals surface area contributed by atoms with E-state index in [4.69, 9.17) is 24.4 Å². The number of alkyl halides is 9. The molecule has 0 atom stereocenters. The molecule has 0 saturated heterocycles. The molecule has 2 aromatic heterocycles. The van der Waals surface area contributed by atoms with E-state index in [-0.39, 0.29) is 37.6 Å². The van der Waals surface area contributed by atoms with Crippen LogP contribution in [0.3, 0.4) is 0 Å². The number of hydrogen-bond acceptors (Lipinski definition) is 7. The molecule has 41 heavy (non-hydrogen) atoms. The number of hydrogen-bond donors (Lipinski definition) is 0. The van der Waals surface area contributed by atoms with Crippen LogP contribution >= 0.6 is 72.0 Å². The maximum atomic E-state index is 14.4. The van der Waals surface area contributed by atoms with Gasteiger partial charge in [0.05, 0.1) is 13.1 Å². The lowest BCUT2D eigenvalue weighted by Crippen LogP contribution is -2.41. The second-order valence-corrected chi connectivity index (χ2v) is 15.1. The number of halogens is 9. The predicted octanol–water partition coefficient (Wildman–Crippen LogP) is 10.2. The third kappa shape index (κ3) is 6.82. The summed E-state index contributed by atoms with van der Waals surface area (Å²) in [4.78, 5) is 0. The quantitative estimate of drug-likeness (QED) is 0.0990. The Bertz CT molecular complexity index is 1380. The van der Waals surface area contributed by atoms with Gasteiger partial charge in [-0.3, -0.25) is 0 Å². The molecule has 0 amide bonds. The number of fused-ring (bicyclic) bond motifs is 1. The standard InChI is InChI=1S/C21H26F9N5S6/c1-7-38-12-14(33(10(2)3)16(36)31(12)9-20(26,27)21(28,29)30)40-35-39-13-15(41-35)34(11(4)5)17(37)32(13)8-19(24,25)18(6,22)23/h10-11H,7-9H2,1-6H3. The van der Waals surface area contributed by atoms with Crippen LogP contribution in [0.25, 0.3) is 0 Å². The highest BCUT2D eigenvalue weighted by Crippen LogP contribution is 2.55. The number of rotatable bonds is 11. The fourth-order valence-electron chi connectivity index (χ4n) is 3.66. The lowest BCUT2D eigenvalue weighted by Gasteiger charge is -2.24. The molecule has 0 fully saturated rings. The highest BCUT2D eigenvalue weighted by Gasteiger charge is 2.58. The zero-order chi connectivity index (χ0) is 31.5. The first-order chi connectivity index (χ1) is 18.6. The Morgan fingerprint density at radius 1 is 0.732 bits per heavy atom. The maximum Gasteiger partial charge on any atom is 0.455 e. The Kier molecular flexibility index (Phi) is 10.4. The largest absolute Gasteiger partial charge is 0.455 e. The van der Waals surface area contributed by atoms with Crippen LogP contribution < -0.4 is 0 Å². The molecule has 234 valence electrons. The molecular formula is C21H26F9N5S6.